The standard InChI is InChI=1S/C18H23N5O4S/c1-18(2,3)23(17(26)27)12-5-8-22(9-6-12)15-19-7-4-11(20-15)10-13-14(24)21-16(25)28-13/h4,7,10,12H,5-6,8-9H2,1-3H3,(H,26,27)(H,21,24,25). The maximum atomic E-state index is 11.7. The van der Waals surface area contributed by atoms with Crippen molar-refractivity contribution in [1.82, 2.24) is 20.2 Å². The van der Waals surface area contributed by atoms with Crippen LogP contribution in [0.1, 0.15) is 39.3 Å². The minimum absolute atomic E-state index is 0.0522. The molecule has 3 heterocycles. The largest absolute Gasteiger partial charge is 0.465 e. The van der Waals surface area contributed by atoms with Crippen molar-refractivity contribution in [2.24, 2.45) is 0 Å². The fourth-order valence-corrected chi connectivity index (χ4v) is 4.13. The number of amides is 3. The summed E-state index contributed by atoms with van der Waals surface area (Å²) in [4.78, 5) is 47.3. The topological polar surface area (TPSA) is 116 Å². The Bertz CT molecular complexity index is 828. The van der Waals surface area contributed by atoms with E-state index < -0.39 is 22.8 Å². The van der Waals surface area contributed by atoms with E-state index in [1.165, 1.54) is 4.90 Å². The first-order valence-electron chi connectivity index (χ1n) is 9.00. The van der Waals surface area contributed by atoms with Crippen molar-refractivity contribution in [3.8, 4) is 0 Å². The third-order valence-electron chi connectivity index (χ3n) is 4.63. The summed E-state index contributed by atoms with van der Waals surface area (Å²) < 4.78 is 0. The quantitative estimate of drug-likeness (QED) is 0.737. The lowest BCUT2D eigenvalue weighted by atomic mass is 9.97. The molecule has 0 atom stereocenters. The van der Waals surface area contributed by atoms with Crippen LogP contribution in [0.3, 0.4) is 0 Å². The van der Waals surface area contributed by atoms with E-state index in [1.807, 2.05) is 25.7 Å². The molecular formula is C18H23N5O4S. The molecule has 2 aliphatic heterocycles. The van der Waals surface area contributed by atoms with E-state index in [1.54, 1.807) is 18.3 Å². The monoisotopic (exact) mass is 405 g/mol. The molecule has 2 fully saturated rings. The molecule has 0 bridgehead atoms. The Balaban J connectivity index is 1.70. The van der Waals surface area contributed by atoms with Crippen LogP contribution in [-0.2, 0) is 4.79 Å². The second kappa shape index (κ2) is 7.78. The molecule has 2 saturated heterocycles. The fraction of sp³-hybridized carbons (Fsp3) is 0.500. The summed E-state index contributed by atoms with van der Waals surface area (Å²) in [5.41, 5.74) is 0.0828. The third-order valence-corrected chi connectivity index (χ3v) is 5.44. The lowest BCUT2D eigenvalue weighted by Crippen LogP contribution is -2.54. The zero-order chi connectivity index (χ0) is 20.5. The molecule has 3 rings (SSSR count). The first-order valence-corrected chi connectivity index (χ1v) is 9.82. The molecule has 10 heteroatoms. The SMILES string of the molecule is CC(C)(C)N(C(=O)O)C1CCN(c2nccc(C=C3SC(=O)NC3=O)n2)CC1. The number of anilines is 1. The zero-order valence-electron chi connectivity index (χ0n) is 16.0. The maximum absolute atomic E-state index is 11.7. The highest BCUT2D eigenvalue weighted by molar-refractivity contribution is 8.18. The molecule has 2 N–H and O–H groups in total. The van der Waals surface area contributed by atoms with Crippen LogP contribution in [-0.4, -0.2) is 61.9 Å². The van der Waals surface area contributed by atoms with E-state index in [-0.39, 0.29) is 6.04 Å². The number of aromatic nitrogens is 2. The van der Waals surface area contributed by atoms with Crippen molar-refractivity contribution < 1.29 is 19.5 Å². The highest BCUT2D eigenvalue weighted by Crippen LogP contribution is 2.27. The molecule has 0 aliphatic carbocycles. The predicted molar refractivity (Wildman–Crippen MR) is 106 cm³/mol. The Kier molecular flexibility index (Phi) is 5.59. The second-order valence-corrected chi connectivity index (χ2v) is 8.69. The van der Waals surface area contributed by atoms with Crippen LogP contribution in [0.15, 0.2) is 17.2 Å². The van der Waals surface area contributed by atoms with Crippen molar-refractivity contribution in [2.75, 3.05) is 18.0 Å². The highest BCUT2D eigenvalue weighted by Gasteiger charge is 2.35. The summed E-state index contributed by atoms with van der Waals surface area (Å²) in [6.45, 7) is 6.97. The molecule has 1 aromatic rings. The number of carbonyl (C=O) groups excluding carboxylic acids is 2. The molecular weight excluding hydrogens is 382 g/mol. The van der Waals surface area contributed by atoms with Crippen molar-refractivity contribution in [1.29, 1.82) is 0 Å². The van der Waals surface area contributed by atoms with Crippen molar-refractivity contribution in [3.05, 3.63) is 22.9 Å². The second-order valence-electron chi connectivity index (χ2n) is 7.68. The number of rotatable bonds is 3. The van der Waals surface area contributed by atoms with Crippen molar-refractivity contribution in [2.45, 2.75) is 45.2 Å². The minimum atomic E-state index is -0.905. The molecule has 0 saturated carbocycles. The summed E-state index contributed by atoms with van der Waals surface area (Å²) in [6, 6.07) is 1.62. The molecule has 28 heavy (non-hydrogen) atoms. The summed E-state index contributed by atoms with van der Waals surface area (Å²) in [7, 11) is 0. The van der Waals surface area contributed by atoms with E-state index in [0.29, 0.717) is 42.5 Å². The van der Waals surface area contributed by atoms with Gasteiger partial charge >= 0.3 is 6.09 Å². The van der Waals surface area contributed by atoms with Crippen LogP contribution in [0.4, 0.5) is 15.5 Å². The van der Waals surface area contributed by atoms with Crippen LogP contribution >= 0.6 is 11.8 Å². The normalized spacial score (nSPS) is 19.8. The summed E-state index contributed by atoms with van der Waals surface area (Å²) in [6.07, 6.45) is 3.64. The lowest BCUT2D eigenvalue weighted by molar-refractivity contribution is -0.115. The minimum Gasteiger partial charge on any atom is -0.465 e. The highest BCUT2D eigenvalue weighted by atomic mass is 32.2. The number of nitrogens with one attached hydrogen (secondary N) is 1. The van der Waals surface area contributed by atoms with Crippen LogP contribution in [0.2, 0.25) is 0 Å². The molecule has 0 aromatic carbocycles. The van der Waals surface area contributed by atoms with Crippen LogP contribution in [0.5, 0.6) is 0 Å². The van der Waals surface area contributed by atoms with Crippen LogP contribution in [0.25, 0.3) is 6.08 Å². The number of hydrogen-bond donors (Lipinski definition) is 2. The lowest BCUT2D eigenvalue weighted by Gasteiger charge is -2.43. The van der Waals surface area contributed by atoms with Gasteiger partial charge in [-0.3, -0.25) is 14.9 Å². The molecule has 0 radical (unpaired) electrons. The zero-order valence-corrected chi connectivity index (χ0v) is 16.8. The van der Waals surface area contributed by atoms with Gasteiger partial charge in [-0.2, -0.15) is 0 Å². The molecule has 150 valence electrons. The Morgan fingerprint density at radius 1 is 1.36 bits per heavy atom. The van der Waals surface area contributed by atoms with E-state index in [0.717, 1.165) is 11.8 Å². The van der Waals surface area contributed by atoms with Gasteiger partial charge in [0.15, 0.2) is 0 Å². The first-order chi connectivity index (χ1) is 13.1. The van der Waals surface area contributed by atoms with Gasteiger partial charge in [0.2, 0.25) is 5.95 Å². The molecule has 0 spiro atoms. The Labute approximate surface area is 167 Å². The van der Waals surface area contributed by atoms with Gasteiger partial charge in [-0.1, -0.05) is 0 Å². The van der Waals surface area contributed by atoms with Gasteiger partial charge in [0.1, 0.15) is 0 Å². The van der Waals surface area contributed by atoms with E-state index in [4.69, 9.17) is 0 Å². The maximum Gasteiger partial charge on any atom is 0.407 e. The van der Waals surface area contributed by atoms with Crippen LogP contribution < -0.4 is 10.2 Å². The van der Waals surface area contributed by atoms with Crippen molar-refractivity contribution in [3.63, 3.8) is 0 Å². The Morgan fingerprint density at radius 3 is 2.57 bits per heavy atom. The van der Waals surface area contributed by atoms with Gasteiger partial charge in [-0.25, -0.2) is 14.8 Å². The van der Waals surface area contributed by atoms with E-state index in [2.05, 4.69) is 15.3 Å². The van der Waals surface area contributed by atoms with Gasteiger partial charge in [-0.05, 0) is 57.5 Å². The molecule has 3 amide bonds. The summed E-state index contributed by atoms with van der Waals surface area (Å²) in [5.74, 6) is 0.104. The molecule has 1 aromatic heterocycles. The summed E-state index contributed by atoms with van der Waals surface area (Å²) >= 11 is 0.845. The average molecular weight is 405 g/mol. The third kappa shape index (κ3) is 4.44. The van der Waals surface area contributed by atoms with Crippen LogP contribution in [0, 0.1) is 0 Å². The summed E-state index contributed by atoms with van der Waals surface area (Å²) in [5, 5.41) is 11.4. The smallest absolute Gasteiger partial charge is 0.407 e. The number of imide groups is 1. The predicted octanol–water partition coefficient (Wildman–Crippen LogP) is 2.55. The number of thioether (sulfide) groups is 1. The number of nitrogens with zero attached hydrogens (tertiary/aromatic N) is 4. The van der Waals surface area contributed by atoms with E-state index in [9.17, 15) is 19.5 Å². The number of carboxylic acid groups (broad SMARTS) is 1. The number of carbonyl (C=O) groups is 3. The number of piperidine rings is 1. The van der Waals surface area contributed by atoms with Gasteiger partial charge in [-0.15, -0.1) is 0 Å². The van der Waals surface area contributed by atoms with E-state index >= 15 is 0 Å². The molecule has 2 aliphatic rings. The number of hydrogen-bond acceptors (Lipinski definition) is 7. The Morgan fingerprint density at radius 2 is 2.04 bits per heavy atom. The fourth-order valence-electron chi connectivity index (χ4n) is 3.46. The van der Waals surface area contributed by atoms with Gasteiger partial charge in [0.25, 0.3) is 11.1 Å². The molecule has 0 unspecified atom stereocenters. The average Bonchev–Trinajstić information content (AvgIpc) is 2.91. The van der Waals surface area contributed by atoms with Gasteiger partial charge in [0.05, 0.1) is 10.6 Å². The Hall–Kier alpha value is -2.62. The first kappa shape index (κ1) is 20.1. The van der Waals surface area contributed by atoms with Gasteiger partial charge in [0, 0.05) is 30.9 Å². The van der Waals surface area contributed by atoms with Gasteiger partial charge < -0.3 is 14.9 Å². The van der Waals surface area contributed by atoms with Crippen molar-refractivity contribution >= 4 is 41.0 Å². The molecule has 9 nitrogen and oxygen atoms in total.